The third kappa shape index (κ3) is 3.64. The average molecular weight is 604 g/mol. The van der Waals surface area contributed by atoms with Crippen LogP contribution in [-0.4, -0.2) is 14.5 Å². The first-order valence-corrected chi connectivity index (χ1v) is 16.1. The Balaban J connectivity index is 1.17. The summed E-state index contributed by atoms with van der Waals surface area (Å²) in [6, 6.07) is 49.1. The van der Waals surface area contributed by atoms with E-state index in [0.29, 0.717) is 0 Å². The number of hydrogen-bond acceptors (Lipinski definition) is 3. The topological polar surface area (TPSA) is 43.9 Å². The summed E-state index contributed by atoms with van der Waals surface area (Å²) in [5.74, 6) is 0.740. The lowest BCUT2D eigenvalue weighted by atomic mass is 9.85. The van der Waals surface area contributed by atoms with E-state index in [1.54, 1.807) is 0 Å². The van der Waals surface area contributed by atoms with Gasteiger partial charge in [-0.15, -0.1) is 0 Å². The zero-order valence-electron chi connectivity index (χ0n) is 26.0. The van der Waals surface area contributed by atoms with Crippen LogP contribution >= 0.6 is 0 Å². The first-order chi connectivity index (χ1) is 23.1. The second-order valence-corrected chi connectivity index (χ2v) is 13.0. The molecule has 1 aliphatic rings. The van der Waals surface area contributed by atoms with Gasteiger partial charge in [0.2, 0.25) is 0 Å². The SMILES string of the molecule is CC1(C)c2ccccc2-c2c(-c3ccccc3)nc(-c3ccc(-n4c5ccccc5c5c6c(ccc54)oc4ccccc46)cc3)nc21. The number of nitrogens with zero attached hydrogens (tertiary/aromatic N) is 3. The van der Waals surface area contributed by atoms with Crippen molar-refractivity contribution in [1.82, 2.24) is 14.5 Å². The lowest BCUT2D eigenvalue weighted by Gasteiger charge is -2.21. The molecule has 9 aromatic rings. The average Bonchev–Trinajstić information content (AvgIpc) is 3.74. The highest BCUT2D eigenvalue weighted by Crippen LogP contribution is 2.51. The summed E-state index contributed by atoms with van der Waals surface area (Å²) >= 11 is 0. The molecule has 0 bridgehead atoms. The number of rotatable bonds is 3. The van der Waals surface area contributed by atoms with Crippen LogP contribution in [0.1, 0.15) is 25.1 Å². The smallest absolute Gasteiger partial charge is 0.160 e. The fraction of sp³-hybridized carbons (Fsp3) is 0.0698. The summed E-state index contributed by atoms with van der Waals surface area (Å²) in [5, 5.41) is 4.72. The molecule has 0 amide bonds. The van der Waals surface area contributed by atoms with Crippen molar-refractivity contribution in [2.45, 2.75) is 19.3 Å². The van der Waals surface area contributed by atoms with E-state index < -0.39 is 0 Å². The van der Waals surface area contributed by atoms with Crippen LogP contribution in [0, 0.1) is 0 Å². The summed E-state index contributed by atoms with van der Waals surface area (Å²) in [5.41, 5.74) is 12.8. The number of para-hydroxylation sites is 2. The van der Waals surface area contributed by atoms with Gasteiger partial charge >= 0.3 is 0 Å². The molecule has 0 spiro atoms. The predicted octanol–water partition coefficient (Wildman–Crippen LogP) is 11.1. The molecule has 0 fully saturated rings. The normalized spacial score (nSPS) is 13.5. The minimum atomic E-state index is -0.237. The molecule has 222 valence electrons. The van der Waals surface area contributed by atoms with E-state index in [0.717, 1.165) is 72.6 Å². The summed E-state index contributed by atoms with van der Waals surface area (Å²) in [7, 11) is 0. The van der Waals surface area contributed by atoms with Crippen molar-refractivity contribution in [3.8, 4) is 39.5 Å². The van der Waals surface area contributed by atoms with Gasteiger partial charge in [0.1, 0.15) is 11.2 Å². The zero-order chi connectivity index (χ0) is 31.3. The van der Waals surface area contributed by atoms with E-state index in [1.165, 1.54) is 21.9 Å². The van der Waals surface area contributed by atoms with Crippen LogP contribution in [0.3, 0.4) is 0 Å². The molecule has 0 saturated carbocycles. The maximum atomic E-state index is 6.27. The van der Waals surface area contributed by atoms with Gasteiger partial charge in [-0.05, 0) is 59.7 Å². The Morgan fingerprint density at radius 2 is 1.28 bits per heavy atom. The molecule has 0 atom stereocenters. The highest BCUT2D eigenvalue weighted by molar-refractivity contribution is 6.27. The van der Waals surface area contributed by atoms with E-state index in [2.05, 4.69) is 146 Å². The van der Waals surface area contributed by atoms with Gasteiger partial charge in [0, 0.05) is 49.3 Å². The lowest BCUT2D eigenvalue weighted by Crippen LogP contribution is -2.17. The molecule has 10 rings (SSSR count). The van der Waals surface area contributed by atoms with Gasteiger partial charge in [0.05, 0.1) is 22.4 Å². The minimum absolute atomic E-state index is 0.237. The third-order valence-corrected chi connectivity index (χ3v) is 9.98. The highest BCUT2D eigenvalue weighted by Gasteiger charge is 2.39. The van der Waals surface area contributed by atoms with Crippen molar-refractivity contribution in [2.75, 3.05) is 0 Å². The number of hydrogen-bond donors (Lipinski definition) is 0. The maximum absolute atomic E-state index is 6.27. The first kappa shape index (κ1) is 26.2. The van der Waals surface area contributed by atoms with Gasteiger partial charge < -0.3 is 8.98 Å². The largest absolute Gasteiger partial charge is 0.456 e. The second-order valence-electron chi connectivity index (χ2n) is 13.0. The fourth-order valence-corrected chi connectivity index (χ4v) is 7.79. The minimum Gasteiger partial charge on any atom is -0.456 e. The van der Waals surface area contributed by atoms with Gasteiger partial charge in [0.25, 0.3) is 0 Å². The Bertz CT molecular complexity index is 2700. The Morgan fingerprint density at radius 1 is 0.553 bits per heavy atom. The van der Waals surface area contributed by atoms with Crippen LogP contribution in [0.2, 0.25) is 0 Å². The number of furan rings is 1. The zero-order valence-corrected chi connectivity index (χ0v) is 26.0. The molecule has 1 aliphatic carbocycles. The van der Waals surface area contributed by atoms with Gasteiger partial charge in [-0.25, -0.2) is 9.97 Å². The molecule has 0 saturated heterocycles. The van der Waals surface area contributed by atoms with E-state index >= 15 is 0 Å². The molecule has 0 radical (unpaired) electrons. The molecule has 4 nitrogen and oxygen atoms in total. The molecule has 0 N–H and O–H groups in total. The molecule has 0 unspecified atom stereocenters. The van der Waals surface area contributed by atoms with Crippen molar-refractivity contribution in [2.24, 2.45) is 0 Å². The summed E-state index contributed by atoms with van der Waals surface area (Å²) < 4.78 is 8.63. The van der Waals surface area contributed by atoms with Crippen molar-refractivity contribution in [3.05, 3.63) is 151 Å². The van der Waals surface area contributed by atoms with Gasteiger partial charge in [-0.2, -0.15) is 0 Å². The number of benzene rings is 6. The summed E-state index contributed by atoms with van der Waals surface area (Å²) in [6.07, 6.45) is 0. The number of aromatic nitrogens is 3. The Labute approximate surface area is 271 Å². The van der Waals surface area contributed by atoms with Crippen LogP contribution in [0.25, 0.3) is 83.2 Å². The van der Waals surface area contributed by atoms with Crippen LogP contribution in [0.15, 0.2) is 144 Å². The van der Waals surface area contributed by atoms with Crippen LogP contribution < -0.4 is 0 Å². The van der Waals surface area contributed by atoms with Crippen molar-refractivity contribution >= 4 is 43.7 Å². The molecule has 3 aromatic heterocycles. The molecule has 3 heterocycles. The molecular weight excluding hydrogens is 574 g/mol. The molecular formula is C43H29N3O. The van der Waals surface area contributed by atoms with Crippen LogP contribution in [-0.2, 0) is 5.41 Å². The molecule has 4 heteroatoms. The highest BCUT2D eigenvalue weighted by atomic mass is 16.3. The van der Waals surface area contributed by atoms with E-state index in [4.69, 9.17) is 14.4 Å². The van der Waals surface area contributed by atoms with Gasteiger partial charge in [0.15, 0.2) is 5.82 Å². The lowest BCUT2D eigenvalue weighted by molar-refractivity contribution is 0.636. The monoisotopic (exact) mass is 603 g/mol. The van der Waals surface area contributed by atoms with Crippen molar-refractivity contribution in [1.29, 1.82) is 0 Å². The third-order valence-electron chi connectivity index (χ3n) is 9.98. The van der Waals surface area contributed by atoms with E-state index in [1.807, 2.05) is 12.1 Å². The fourth-order valence-electron chi connectivity index (χ4n) is 7.79. The Hall–Kier alpha value is -6.00. The number of fused-ring (bicyclic) bond motifs is 10. The van der Waals surface area contributed by atoms with Crippen molar-refractivity contribution in [3.63, 3.8) is 0 Å². The molecule has 0 aliphatic heterocycles. The van der Waals surface area contributed by atoms with Gasteiger partial charge in [-0.3, -0.25) is 0 Å². The van der Waals surface area contributed by atoms with Crippen LogP contribution in [0.5, 0.6) is 0 Å². The summed E-state index contributed by atoms with van der Waals surface area (Å²) in [4.78, 5) is 10.6. The second kappa shape index (κ2) is 9.51. The predicted molar refractivity (Wildman–Crippen MR) is 192 cm³/mol. The quantitative estimate of drug-likeness (QED) is 0.202. The van der Waals surface area contributed by atoms with Crippen molar-refractivity contribution < 1.29 is 4.42 Å². The van der Waals surface area contributed by atoms with E-state index in [9.17, 15) is 0 Å². The summed E-state index contributed by atoms with van der Waals surface area (Å²) in [6.45, 7) is 4.55. The standard InChI is InChI=1S/C43H29N3O/c1-43(2)32-17-9-6-14-29(32)39-40(26-12-4-3-5-13-26)44-42(45-41(39)43)27-20-22-28(23-21-27)46-33-18-10-7-15-30(33)37-34(46)24-25-36-38(37)31-16-8-11-19-35(31)47-36/h3-25H,1-2H3. The van der Waals surface area contributed by atoms with Gasteiger partial charge in [-0.1, -0.05) is 105 Å². The maximum Gasteiger partial charge on any atom is 0.160 e. The first-order valence-electron chi connectivity index (χ1n) is 16.1. The van der Waals surface area contributed by atoms with E-state index in [-0.39, 0.29) is 5.41 Å². The molecule has 6 aromatic carbocycles. The Kier molecular flexibility index (Phi) is 5.31. The Morgan fingerprint density at radius 3 is 2.13 bits per heavy atom. The molecule has 47 heavy (non-hydrogen) atoms. The van der Waals surface area contributed by atoms with Crippen LogP contribution in [0.4, 0.5) is 0 Å².